The highest BCUT2D eigenvalue weighted by atomic mass is 16.4. The van der Waals surface area contributed by atoms with Crippen LogP contribution in [0.25, 0.3) is 0 Å². The predicted octanol–water partition coefficient (Wildman–Crippen LogP) is 1.58. The molecule has 1 aromatic rings. The van der Waals surface area contributed by atoms with Crippen molar-refractivity contribution in [3.05, 3.63) is 23.4 Å². The molecule has 0 aliphatic carbocycles. The van der Waals surface area contributed by atoms with Crippen molar-refractivity contribution in [2.45, 2.75) is 20.8 Å². The second-order valence-electron chi connectivity index (χ2n) is 5.20. The zero-order valence-electron chi connectivity index (χ0n) is 11.1. The van der Waals surface area contributed by atoms with Gasteiger partial charge in [-0.15, -0.1) is 0 Å². The number of nitrogens with two attached hydrogens (primary N) is 1. The maximum Gasteiger partial charge on any atom is 0.170 e. The largest absolute Gasteiger partial charge is 0.409 e. The molecule has 1 aliphatic heterocycles. The van der Waals surface area contributed by atoms with E-state index in [-0.39, 0.29) is 5.84 Å². The van der Waals surface area contributed by atoms with Gasteiger partial charge in [0.15, 0.2) is 5.84 Å². The molecule has 1 aromatic heterocycles. The van der Waals surface area contributed by atoms with Gasteiger partial charge in [-0.05, 0) is 30.9 Å². The Bertz CT molecular complexity index is 462. The number of oxime groups is 1. The molecule has 0 amide bonds. The highest BCUT2D eigenvalue weighted by molar-refractivity contribution is 5.97. The smallest absolute Gasteiger partial charge is 0.170 e. The molecule has 0 aromatic carbocycles. The molecule has 2 rings (SSSR count). The van der Waals surface area contributed by atoms with Gasteiger partial charge in [0.25, 0.3) is 0 Å². The van der Waals surface area contributed by atoms with Gasteiger partial charge >= 0.3 is 0 Å². The van der Waals surface area contributed by atoms with Crippen molar-refractivity contribution in [3.63, 3.8) is 0 Å². The lowest BCUT2D eigenvalue weighted by Gasteiger charge is -2.18. The Hall–Kier alpha value is -1.78. The number of nitrogens with zero attached hydrogens (tertiary/aromatic N) is 3. The Morgan fingerprint density at radius 3 is 2.56 bits per heavy atom. The normalized spacial score (nSPS) is 24.6. The summed E-state index contributed by atoms with van der Waals surface area (Å²) < 4.78 is 0. The van der Waals surface area contributed by atoms with E-state index in [4.69, 9.17) is 10.9 Å². The van der Waals surface area contributed by atoms with Crippen LogP contribution in [0, 0.1) is 18.8 Å². The van der Waals surface area contributed by atoms with Crippen molar-refractivity contribution < 1.29 is 5.21 Å². The van der Waals surface area contributed by atoms with Crippen LogP contribution >= 0.6 is 0 Å². The highest BCUT2D eigenvalue weighted by Crippen LogP contribution is 2.27. The first-order valence-corrected chi connectivity index (χ1v) is 6.22. The maximum atomic E-state index is 8.75. The van der Waals surface area contributed by atoms with Crippen LogP contribution in [0.4, 0.5) is 5.82 Å². The second-order valence-corrected chi connectivity index (χ2v) is 5.20. The third-order valence-electron chi connectivity index (χ3n) is 3.66. The molecule has 0 bridgehead atoms. The molecular weight excluding hydrogens is 228 g/mol. The molecule has 1 aliphatic rings. The van der Waals surface area contributed by atoms with Crippen LogP contribution in [0.15, 0.2) is 17.3 Å². The zero-order valence-corrected chi connectivity index (χ0v) is 11.1. The van der Waals surface area contributed by atoms with Crippen molar-refractivity contribution in [1.29, 1.82) is 0 Å². The van der Waals surface area contributed by atoms with Crippen LogP contribution in [0.1, 0.15) is 25.1 Å². The first-order valence-electron chi connectivity index (χ1n) is 6.22. The number of amidine groups is 1. The van der Waals surface area contributed by atoms with Gasteiger partial charge in [-0.25, -0.2) is 4.98 Å². The first-order chi connectivity index (χ1) is 8.51. The summed E-state index contributed by atoms with van der Waals surface area (Å²) in [7, 11) is 0. The average molecular weight is 248 g/mol. The second kappa shape index (κ2) is 4.84. The van der Waals surface area contributed by atoms with Crippen LogP contribution < -0.4 is 10.6 Å². The van der Waals surface area contributed by atoms with Crippen LogP contribution in [-0.4, -0.2) is 29.1 Å². The summed E-state index contributed by atoms with van der Waals surface area (Å²) in [5.74, 6) is 2.37. The summed E-state index contributed by atoms with van der Waals surface area (Å²) in [6.07, 6.45) is 0. The Kier molecular flexibility index (Phi) is 3.41. The number of hydrogen-bond donors (Lipinski definition) is 2. The maximum absolute atomic E-state index is 8.75. The SMILES string of the molecule is Cc1cc(/C(N)=N/O)cc(N2CC(C)C(C)C2)n1. The lowest BCUT2D eigenvalue weighted by atomic mass is 10.0. The fraction of sp³-hybridized carbons (Fsp3) is 0.538. The van der Waals surface area contributed by atoms with Gasteiger partial charge in [0.1, 0.15) is 5.82 Å². The Balaban J connectivity index is 2.32. The molecule has 0 saturated carbocycles. The monoisotopic (exact) mass is 248 g/mol. The molecule has 5 nitrogen and oxygen atoms in total. The number of rotatable bonds is 2. The lowest BCUT2D eigenvalue weighted by molar-refractivity contribution is 0.318. The zero-order chi connectivity index (χ0) is 13.3. The molecule has 98 valence electrons. The highest BCUT2D eigenvalue weighted by Gasteiger charge is 2.27. The summed E-state index contributed by atoms with van der Waals surface area (Å²) in [4.78, 5) is 6.80. The number of hydrogen-bond acceptors (Lipinski definition) is 4. The van der Waals surface area contributed by atoms with Crippen molar-refractivity contribution in [2.24, 2.45) is 22.7 Å². The van der Waals surface area contributed by atoms with Crippen molar-refractivity contribution >= 4 is 11.7 Å². The van der Waals surface area contributed by atoms with Crippen molar-refractivity contribution in [3.8, 4) is 0 Å². The van der Waals surface area contributed by atoms with Crippen LogP contribution in [-0.2, 0) is 0 Å². The van der Waals surface area contributed by atoms with E-state index in [1.54, 1.807) is 0 Å². The standard InChI is InChI=1S/C13H20N4O/c1-8-6-17(7-9(8)2)12-5-11(13(14)16-18)4-10(3)15-12/h4-5,8-9,18H,6-7H2,1-3H3,(H2,14,16). The number of aromatic nitrogens is 1. The molecule has 3 N–H and O–H groups in total. The van der Waals surface area contributed by atoms with E-state index in [0.717, 1.165) is 24.6 Å². The predicted molar refractivity (Wildman–Crippen MR) is 72.0 cm³/mol. The molecule has 2 unspecified atom stereocenters. The summed E-state index contributed by atoms with van der Waals surface area (Å²) in [5.41, 5.74) is 7.23. The minimum absolute atomic E-state index is 0.127. The summed E-state index contributed by atoms with van der Waals surface area (Å²) in [5, 5.41) is 11.8. The third kappa shape index (κ3) is 2.39. The Labute approximate surface area is 107 Å². The van der Waals surface area contributed by atoms with Gasteiger partial charge in [-0.2, -0.15) is 0 Å². The fourth-order valence-corrected chi connectivity index (χ4v) is 2.34. The Morgan fingerprint density at radius 1 is 1.39 bits per heavy atom. The molecule has 5 heteroatoms. The molecule has 0 spiro atoms. The first kappa shape index (κ1) is 12.7. The van der Waals surface area contributed by atoms with E-state index in [2.05, 4.69) is 28.9 Å². The van der Waals surface area contributed by atoms with E-state index in [0.29, 0.717) is 17.4 Å². The van der Waals surface area contributed by atoms with E-state index < -0.39 is 0 Å². The number of anilines is 1. The minimum atomic E-state index is 0.127. The minimum Gasteiger partial charge on any atom is -0.409 e. The Morgan fingerprint density at radius 2 is 2.00 bits per heavy atom. The molecule has 18 heavy (non-hydrogen) atoms. The van der Waals surface area contributed by atoms with E-state index >= 15 is 0 Å². The van der Waals surface area contributed by atoms with E-state index in [1.165, 1.54) is 0 Å². The lowest BCUT2D eigenvalue weighted by Crippen LogP contribution is -2.22. The quantitative estimate of drug-likeness (QED) is 0.360. The van der Waals surface area contributed by atoms with Crippen LogP contribution in [0.2, 0.25) is 0 Å². The molecule has 1 saturated heterocycles. The molecule has 0 radical (unpaired) electrons. The number of pyridine rings is 1. The molecular formula is C13H20N4O. The third-order valence-corrected chi connectivity index (χ3v) is 3.66. The van der Waals surface area contributed by atoms with Crippen molar-refractivity contribution in [1.82, 2.24) is 4.98 Å². The number of aryl methyl sites for hydroxylation is 1. The molecule has 1 fully saturated rings. The van der Waals surface area contributed by atoms with E-state index in [1.807, 2.05) is 19.1 Å². The van der Waals surface area contributed by atoms with Gasteiger partial charge in [-0.1, -0.05) is 19.0 Å². The summed E-state index contributed by atoms with van der Waals surface area (Å²) in [6, 6.07) is 3.70. The van der Waals surface area contributed by atoms with Crippen LogP contribution in [0.5, 0.6) is 0 Å². The van der Waals surface area contributed by atoms with Crippen molar-refractivity contribution in [2.75, 3.05) is 18.0 Å². The van der Waals surface area contributed by atoms with Gasteiger partial charge in [-0.3, -0.25) is 0 Å². The van der Waals surface area contributed by atoms with Gasteiger partial charge in [0, 0.05) is 24.3 Å². The summed E-state index contributed by atoms with van der Waals surface area (Å²) >= 11 is 0. The van der Waals surface area contributed by atoms with Gasteiger partial charge in [0.2, 0.25) is 0 Å². The fourth-order valence-electron chi connectivity index (χ4n) is 2.34. The average Bonchev–Trinajstić information content (AvgIpc) is 2.68. The topological polar surface area (TPSA) is 74.7 Å². The molecule has 2 heterocycles. The van der Waals surface area contributed by atoms with Crippen LogP contribution in [0.3, 0.4) is 0 Å². The molecule has 2 atom stereocenters. The van der Waals surface area contributed by atoms with Gasteiger partial charge < -0.3 is 15.8 Å². The summed E-state index contributed by atoms with van der Waals surface area (Å²) in [6.45, 7) is 8.44. The van der Waals surface area contributed by atoms with E-state index in [9.17, 15) is 0 Å². The van der Waals surface area contributed by atoms with Gasteiger partial charge in [0.05, 0.1) is 0 Å².